The number of rotatable bonds is 5. The maximum Gasteiger partial charge on any atom is 0.0709 e. The fourth-order valence-corrected chi connectivity index (χ4v) is 2.76. The lowest BCUT2D eigenvalue weighted by molar-refractivity contribution is 0.659. The van der Waals surface area contributed by atoms with Crippen molar-refractivity contribution in [1.29, 1.82) is 5.41 Å². The van der Waals surface area contributed by atoms with Crippen LogP contribution < -0.4 is 16.0 Å². The Morgan fingerprint density at radius 2 is 2.30 bits per heavy atom. The highest BCUT2D eigenvalue weighted by atomic mass is 15.2. The van der Waals surface area contributed by atoms with Crippen molar-refractivity contribution in [1.82, 2.24) is 0 Å². The Kier molecular flexibility index (Phi) is 4.53. The van der Waals surface area contributed by atoms with Gasteiger partial charge in [0, 0.05) is 36.6 Å². The van der Waals surface area contributed by atoms with E-state index in [2.05, 4.69) is 31.0 Å². The second kappa shape index (κ2) is 6.16. The minimum absolute atomic E-state index is 0.391. The van der Waals surface area contributed by atoms with Crippen LogP contribution in [0.5, 0.6) is 0 Å². The molecule has 2 atom stereocenters. The summed E-state index contributed by atoms with van der Waals surface area (Å²) < 4.78 is 0. The molecule has 1 aromatic rings. The normalized spacial score (nSPS) is 19.9. The van der Waals surface area contributed by atoms with Gasteiger partial charge in [0.15, 0.2) is 0 Å². The van der Waals surface area contributed by atoms with E-state index in [-0.39, 0.29) is 0 Å². The van der Waals surface area contributed by atoms with Crippen molar-refractivity contribution in [3.63, 3.8) is 0 Å². The van der Waals surface area contributed by atoms with Gasteiger partial charge in [-0.2, -0.15) is 0 Å². The van der Waals surface area contributed by atoms with Crippen LogP contribution >= 0.6 is 0 Å². The molecule has 1 fully saturated rings. The first-order valence-electron chi connectivity index (χ1n) is 7.51. The van der Waals surface area contributed by atoms with Crippen molar-refractivity contribution < 1.29 is 0 Å². The molecule has 0 saturated carbocycles. The third-order valence-corrected chi connectivity index (χ3v) is 4.15. The molecule has 0 spiro atoms. The van der Waals surface area contributed by atoms with Gasteiger partial charge >= 0.3 is 0 Å². The van der Waals surface area contributed by atoms with E-state index in [0.29, 0.717) is 12.0 Å². The minimum atomic E-state index is 0.391. The van der Waals surface area contributed by atoms with E-state index < -0.39 is 0 Å². The van der Waals surface area contributed by atoms with Gasteiger partial charge in [-0.3, -0.25) is 0 Å². The summed E-state index contributed by atoms with van der Waals surface area (Å²) in [5.41, 5.74) is 9.91. The molecule has 2 rings (SSSR count). The number of nitrogens with zero attached hydrogens (tertiary/aromatic N) is 1. The van der Waals surface area contributed by atoms with Crippen molar-refractivity contribution in [2.24, 2.45) is 5.92 Å². The van der Waals surface area contributed by atoms with E-state index in [1.165, 1.54) is 12.6 Å². The zero-order valence-corrected chi connectivity index (χ0v) is 12.7. The molecule has 0 radical (unpaired) electrons. The SMILES string of the molecule is CC[C@H](C)Nc1ccc(N)c(N2CC[C@H](C)C2)c1C=N. The number of benzene rings is 1. The fourth-order valence-electron chi connectivity index (χ4n) is 2.76. The summed E-state index contributed by atoms with van der Waals surface area (Å²) in [4.78, 5) is 2.32. The lowest BCUT2D eigenvalue weighted by atomic mass is 10.1. The summed E-state index contributed by atoms with van der Waals surface area (Å²) in [7, 11) is 0. The molecule has 20 heavy (non-hydrogen) atoms. The summed E-state index contributed by atoms with van der Waals surface area (Å²) in [5, 5.41) is 11.3. The second-order valence-electron chi connectivity index (χ2n) is 5.90. The maximum absolute atomic E-state index is 7.79. The van der Waals surface area contributed by atoms with E-state index >= 15 is 0 Å². The van der Waals surface area contributed by atoms with Gasteiger partial charge in [-0.25, -0.2) is 0 Å². The number of nitrogens with two attached hydrogens (primary N) is 1. The predicted molar refractivity (Wildman–Crippen MR) is 88.1 cm³/mol. The van der Waals surface area contributed by atoms with Crippen molar-refractivity contribution in [3.05, 3.63) is 17.7 Å². The number of nitrogen functional groups attached to an aromatic ring is 1. The average molecular weight is 274 g/mol. The molecule has 1 aliphatic rings. The molecule has 4 nitrogen and oxygen atoms in total. The standard InChI is InChI=1S/C16H26N4/c1-4-12(3)19-15-6-5-14(18)16(13(15)9-17)20-8-7-11(2)10-20/h5-6,9,11-12,17,19H,4,7-8,10,18H2,1-3H3/t11-,12-/m0/s1. The average Bonchev–Trinajstić information content (AvgIpc) is 2.86. The van der Waals surface area contributed by atoms with Crippen LogP contribution in [0.25, 0.3) is 0 Å². The summed E-state index contributed by atoms with van der Waals surface area (Å²) in [6, 6.07) is 4.34. The van der Waals surface area contributed by atoms with E-state index in [1.807, 2.05) is 12.1 Å². The number of hydrogen-bond donors (Lipinski definition) is 3. The van der Waals surface area contributed by atoms with Gasteiger partial charge in [0.25, 0.3) is 0 Å². The van der Waals surface area contributed by atoms with Gasteiger partial charge in [0.2, 0.25) is 0 Å². The second-order valence-corrected chi connectivity index (χ2v) is 5.90. The van der Waals surface area contributed by atoms with Crippen LogP contribution in [0.1, 0.15) is 39.2 Å². The lowest BCUT2D eigenvalue weighted by Crippen LogP contribution is -2.23. The van der Waals surface area contributed by atoms with E-state index in [0.717, 1.165) is 42.1 Å². The molecular formula is C16H26N4. The van der Waals surface area contributed by atoms with Crippen molar-refractivity contribution in [2.45, 2.75) is 39.7 Å². The zero-order chi connectivity index (χ0) is 14.7. The van der Waals surface area contributed by atoms with Crippen molar-refractivity contribution in [3.8, 4) is 0 Å². The number of anilines is 3. The first kappa shape index (κ1) is 14.7. The van der Waals surface area contributed by atoms with Crippen molar-refractivity contribution >= 4 is 23.3 Å². The topological polar surface area (TPSA) is 65.1 Å². The molecule has 1 heterocycles. The Hall–Kier alpha value is -1.71. The van der Waals surface area contributed by atoms with Crippen LogP contribution in [-0.2, 0) is 0 Å². The third-order valence-electron chi connectivity index (χ3n) is 4.15. The van der Waals surface area contributed by atoms with Gasteiger partial charge in [-0.1, -0.05) is 13.8 Å². The number of nitrogens with one attached hydrogen (secondary N) is 2. The summed E-state index contributed by atoms with van der Waals surface area (Å²) in [6.07, 6.45) is 3.68. The summed E-state index contributed by atoms with van der Waals surface area (Å²) in [6.45, 7) is 8.63. The largest absolute Gasteiger partial charge is 0.397 e. The molecule has 0 amide bonds. The van der Waals surface area contributed by atoms with Crippen LogP contribution in [0.4, 0.5) is 17.1 Å². The predicted octanol–water partition coefficient (Wildman–Crippen LogP) is 3.32. The molecule has 4 N–H and O–H groups in total. The number of hydrogen-bond acceptors (Lipinski definition) is 4. The van der Waals surface area contributed by atoms with E-state index in [1.54, 1.807) is 0 Å². The first-order valence-corrected chi connectivity index (χ1v) is 7.51. The quantitative estimate of drug-likeness (QED) is 0.570. The smallest absolute Gasteiger partial charge is 0.0709 e. The van der Waals surface area contributed by atoms with Gasteiger partial charge in [-0.05, 0) is 37.8 Å². The first-order chi connectivity index (χ1) is 9.56. The summed E-state index contributed by atoms with van der Waals surface area (Å²) in [5.74, 6) is 0.694. The molecule has 1 aromatic carbocycles. The van der Waals surface area contributed by atoms with Gasteiger partial charge in [0.1, 0.15) is 0 Å². The molecular weight excluding hydrogens is 248 g/mol. The monoisotopic (exact) mass is 274 g/mol. The van der Waals surface area contributed by atoms with Crippen LogP contribution in [0.3, 0.4) is 0 Å². The van der Waals surface area contributed by atoms with Crippen LogP contribution in [0, 0.1) is 11.3 Å². The van der Waals surface area contributed by atoms with E-state index in [9.17, 15) is 0 Å². The molecule has 0 aliphatic carbocycles. The lowest BCUT2D eigenvalue weighted by Gasteiger charge is -2.25. The highest BCUT2D eigenvalue weighted by Crippen LogP contribution is 2.35. The van der Waals surface area contributed by atoms with Crippen LogP contribution in [-0.4, -0.2) is 25.3 Å². The third kappa shape index (κ3) is 2.89. The van der Waals surface area contributed by atoms with Gasteiger partial charge < -0.3 is 21.4 Å². The minimum Gasteiger partial charge on any atom is -0.397 e. The zero-order valence-electron chi connectivity index (χ0n) is 12.7. The van der Waals surface area contributed by atoms with Gasteiger partial charge in [0.05, 0.1) is 11.4 Å². The van der Waals surface area contributed by atoms with Gasteiger partial charge in [-0.15, -0.1) is 0 Å². The highest BCUT2D eigenvalue weighted by Gasteiger charge is 2.24. The van der Waals surface area contributed by atoms with E-state index in [4.69, 9.17) is 11.1 Å². The Bertz CT molecular complexity index is 484. The highest BCUT2D eigenvalue weighted by molar-refractivity contribution is 5.98. The summed E-state index contributed by atoms with van der Waals surface area (Å²) >= 11 is 0. The Balaban J connectivity index is 2.39. The molecule has 4 heteroatoms. The molecule has 0 bridgehead atoms. The molecule has 110 valence electrons. The molecule has 0 unspecified atom stereocenters. The molecule has 0 aromatic heterocycles. The Morgan fingerprint density at radius 1 is 1.55 bits per heavy atom. The van der Waals surface area contributed by atoms with Crippen LogP contribution in [0.2, 0.25) is 0 Å². The molecule has 1 saturated heterocycles. The Labute approximate surface area is 121 Å². The fraction of sp³-hybridized carbons (Fsp3) is 0.562. The Morgan fingerprint density at radius 3 is 2.85 bits per heavy atom. The molecule has 1 aliphatic heterocycles. The van der Waals surface area contributed by atoms with Crippen LogP contribution in [0.15, 0.2) is 12.1 Å². The van der Waals surface area contributed by atoms with Crippen molar-refractivity contribution in [2.75, 3.05) is 29.0 Å². The maximum atomic E-state index is 7.79.